The zero-order valence-corrected chi connectivity index (χ0v) is 14.1. The lowest BCUT2D eigenvalue weighted by atomic mass is 9.72. The lowest BCUT2D eigenvalue weighted by molar-refractivity contribution is -0.176. The van der Waals surface area contributed by atoms with Crippen LogP contribution in [0.3, 0.4) is 0 Å². The normalized spacial score (nSPS) is 11.4. The summed E-state index contributed by atoms with van der Waals surface area (Å²) in [6.45, 7) is 9.62. The van der Waals surface area contributed by atoms with Gasteiger partial charge in [-0.25, -0.2) is 0 Å². The fourth-order valence-electron chi connectivity index (χ4n) is 2.53. The van der Waals surface area contributed by atoms with Crippen molar-refractivity contribution in [2.24, 2.45) is 11.3 Å². The lowest BCUT2D eigenvalue weighted by Crippen LogP contribution is -2.48. The summed E-state index contributed by atoms with van der Waals surface area (Å²) in [6.07, 6.45) is 0.287. The van der Waals surface area contributed by atoms with Gasteiger partial charge in [-0.15, -0.1) is 0 Å². The Morgan fingerprint density at radius 2 is 1.55 bits per heavy atom. The zero-order chi connectivity index (χ0) is 16.8. The molecule has 0 unspecified atom stereocenters. The second-order valence-electron chi connectivity index (χ2n) is 5.67. The molecule has 0 bridgehead atoms. The molecule has 0 saturated heterocycles. The highest BCUT2D eigenvalue weighted by Crippen LogP contribution is 2.36. The summed E-state index contributed by atoms with van der Waals surface area (Å²) in [6, 6.07) is 7.75. The van der Waals surface area contributed by atoms with Crippen LogP contribution < -0.4 is 0 Å². The van der Waals surface area contributed by atoms with E-state index in [0.29, 0.717) is 0 Å². The predicted molar refractivity (Wildman–Crippen MR) is 85.4 cm³/mol. The van der Waals surface area contributed by atoms with E-state index in [0.717, 1.165) is 11.1 Å². The number of benzene rings is 1. The minimum atomic E-state index is -1.31. The Kier molecular flexibility index (Phi) is 6.60. The van der Waals surface area contributed by atoms with Crippen LogP contribution in [0, 0.1) is 18.3 Å². The van der Waals surface area contributed by atoms with Crippen LogP contribution in [0.4, 0.5) is 0 Å². The van der Waals surface area contributed by atoms with Crippen LogP contribution in [0.25, 0.3) is 0 Å². The first kappa shape index (κ1) is 18.2. The number of hydrogen-bond acceptors (Lipinski definition) is 4. The molecule has 1 rings (SSSR count). The first-order chi connectivity index (χ1) is 10.4. The summed E-state index contributed by atoms with van der Waals surface area (Å²) in [5.74, 6) is -1.25. The van der Waals surface area contributed by atoms with Crippen molar-refractivity contribution >= 4 is 11.9 Å². The Bertz CT molecular complexity index is 502. The summed E-state index contributed by atoms with van der Waals surface area (Å²) in [7, 11) is 0. The van der Waals surface area contributed by atoms with Crippen molar-refractivity contribution in [3.63, 3.8) is 0 Å². The fourth-order valence-corrected chi connectivity index (χ4v) is 2.53. The summed E-state index contributed by atoms with van der Waals surface area (Å²) >= 11 is 0. The van der Waals surface area contributed by atoms with Gasteiger partial charge >= 0.3 is 11.9 Å². The molecule has 0 radical (unpaired) electrons. The smallest absolute Gasteiger partial charge is 0.324 e. The molecule has 0 amide bonds. The molecule has 122 valence electrons. The van der Waals surface area contributed by atoms with E-state index in [2.05, 4.69) is 0 Å². The van der Waals surface area contributed by atoms with Gasteiger partial charge in [-0.3, -0.25) is 9.59 Å². The van der Waals surface area contributed by atoms with Gasteiger partial charge in [-0.05, 0) is 44.2 Å². The Balaban J connectivity index is 3.32. The van der Waals surface area contributed by atoms with Gasteiger partial charge in [0.05, 0.1) is 13.2 Å². The highest BCUT2D eigenvalue weighted by Gasteiger charge is 2.51. The van der Waals surface area contributed by atoms with E-state index in [-0.39, 0.29) is 25.6 Å². The molecule has 0 N–H and O–H groups in total. The van der Waals surface area contributed by atoms with Crippen LogP contribution >= 0.6 is 0 Å². The molecule has 0 aliphatic rings. The molecule has 0 fully saturated rings. The van der Waals surface area contributed by atoms with Crippen molar-refractivity contribution < 1.29 is 19.1 Å². The van der Waals surface area contributed by atoms with Crippen molar-refractivity contribution in [3.05, 3.63) is 35.4 Å². The third-order valence-electron chi connectivity index (χ3n) is 4.00. The minimum Gasteiger partial charge on any atom is -0.465 e. The van der Waals surface area contributed by atoms with Crippen LogP contribution in [0.15, 0.2) is 24.3 Å². The van der Waals surface area contributed by atoms with Crippen molar-refractivity contribution in [2.45, 2.75) is 41.0 Å². The van der Waals surface area contributed by atoms with Crippen LogP contribution in [0.1, 0.15) is 38.8 Å². The number of carbonyl (C=O) groups is 2. The number of esters is 2. The van der Waals surface area contributed by atoms with Gasteiger partial charge in [0.1, 0.15) is 0 Å². The molecular formula is C18H26O4. The SMILES string of the molecule is CCOC(=O)C(Cc1ccccc1C)(C(=O)OCC)C(C)C. The molecule has 4 nitrogen and oxygen atoms in total. The monoisotopic (exact) mass is 306 g/mol. The van der Waals surface area contributed by atoms with E-state index in [1.165, 1.54) is 0 Å². The Morgan fingerprint density at radius 3 is 1.95 bits per heavy atom. The maximum absolute atomic E-state index is 12.6. The van der Waals surface area contributed by atoms with Crippen molar-refractivity contribution in [3.8, 4) is 0 Å². The number of rotatable bonds is 7. The Labute approximate surface area is 132 Å². The fraction of sp³-hybridized carbons (Fsp3) is 0.556. The van der Waals surface area contributed by atoms with E-state index in [9.17, 15) is 9.59 Å². The average molecular weight is 306 g/mol. The molecule has 0 spiro atoms. The summed E-state index contributed by atoms with van der Waals surface area (Å²) in [4.78, 5) is 25.2. The summed E-state index contributed by atoms with van der Waals surface area (Å²) in [5, 5.41) is 0. The van der Waals surface area contributed by atoms with Crippen LogP contribution in [0.5, 0.6) is 0 Å². The number of carbonyl (C=O) groups excluding carboxylic acids is 2. The van der Waals surface area contributed by atoms with E-state index in [4.69, 9.17) is 9.47 Å². The topological polar surface area (TPSA) is 52.6 Å². The lowest BCUT2D eigenvalue weighted by Gasteiger charge is -2.33. The molecule has 1 aromatic carbocycles. The molecule has 0 saturated carbocycles. The predicted octanol–water partition coefficient (Wildman–Crippen LogP) is 3.31. The van der Waals surface area contributed by atoms with Gasteiger partial charge in [0.2, 0.25) is 0 Å². The second kappa shape index (κ2) is 7.97. The maximum Gasteiger partial charge on any atom is 0.324 e. The minimum absolute atomic E-state index is 0.231. The van der Waals surface area contributed by atoms with Crippen molar-refractivity contribution in [1.82, 2.24) is 0 Å². The molecule has 0 aliphatic carbocycles. The van der Waals surface area contributed by atoms with Gasteiger partial charge in [-0.1, -0.05) is 38.1 Å². The number of hydrogen-bond donors (Lipinski definition) is 0. The molecule has 0 atom stereocenters. The Hall–Kier alpha value is -1.84. The number of ether oxygens (including phenoxy) is 2. The largest absolute Gasteiger partial charge is 0.465 e. The van der Waals surface area contributed by atoms with E-state index >= 15 is 0 Å². The Morgan fingerprint density at radius 1 is 1.05 bits per heavy atom. The van der Waals surface area contributed by atoms with Gasteiger partial charge in [-0.2, -0.15) is 0 Å². The molecule has 4 heteroatoms. The zero-order valence-electron chi connectivity index (χ0n) is 14.1. The third kappa shape index (κ3) is 3.67. The van der Waals surface area contributed by atoms with Gasteiger partial charge in [0.25, 0.3) is 0 Å². The van der Waals surface area contributed by atoms with Crippen LogP contribution in [-0.4, -0.2) is 25.2 Å². The summed E-state index contributed by atoms with van der Waals surface area (Å²) < 4.78 is 10.4. The highest BCUT2D eigenvalue weighted by molar-refractivity contribution is 6.00. The molecule has 22 heavy (non-hydrogen) atoms. The average Bonchev–Trinajstić information content (AvgIpc) is 2.46. The molecule has 0 aliphatic heterocycles. The second-order valence-corrected chi connectivity index (χ2v) is 5.67. The van der Waals surface area contributed by atoms with Crippen LogP contribution in [-0.2, 0) is 25.5 Å². The van der Waals surface area contributed by atoms with Crippen LogP contribution in [0.2, 0.25) is 0 Å². The first-order valence-electron chi connectivity index (χ1n) is 7.79. The quantitative estimate of drug-likeness (QED) is 0.573. The maximum atomic E-state index is 12.6. The van der Waals surface area contributed by atoms with Gasteiger partial charge in [0.15, 0.2) is 5.41 Å². The van der Waals surface area contributed by atoms with Crippen molar-refractivity contribution in [1.29, 1.82) is 0 Å². The number of aryl methyl sites for hydroxylation is 1. The first-order valence-corrected chi connectivity index (χ1v) is 7.79. The third-order valence-corrected chi connectivity index (χ3v) is 4.00. The van der Waals surface area contributed by atoms with Gasteiger partial charge < -0.3 is 9.47 Å². The molecular weight excluding hydrogens is 280 g/mol. The van der Waals surface area contributed by atoms with E-state index < -0.39 is 17.4 Å². The van der Waals surface area contributed by atoms with Crippen molar-refractivity contribution in [2.75, 3.05) is 13.2 Å². The van der Waals surface area contributed by atoms with E-state index in [1.807, 2.05) is 45.0 Å². The van der Waals surface area contributed by atoms with E-state index in [1.54, 1.807) is 13.8 Å². The van der Waals surface area contributed by atoms with Gasteiger partial charge in [0, 0.05) is 0 Å². The standard InChI is InChI=1S/C18H26O4/c1-6-21-16(19)18(13(3)4,17(20)22-7-2)12-15-11-9-8-10-14(15)5/h8-11,13H,6-7,12H2,1-5H3. The molecule has 0 heterocycles. The molecule has 1 aromatic rings. The molecule has 0 aromatic heterocycles. The highest BCUT2D eigenvalue weighted by atomic mass is 16.6. The summed E-state index contributed by atoms with van der Waals surface area (Å²) in [5.41, 5.74) is 0.691.